The molecule has 1 N–H and O–H groups in total. The van der Waals surface area contributed by atoms with E-state index in [-0.39, 0.29) is 0 Å². The molecule has 0 saturated heterocycles. The summed E-state index contributed by atoms with van der Waals surface area (Å²) in [5.74, 6) is 2.53. The molecular formula is C20H26ClN3O. The van der Waals surface area contributed by atoms with Crippen LogP contribution in [0.5, 0.6) is 5.75 Å². The summed E-state index contributed by atoms with van der Waals surface area (Å²) < 4.78 is 7.62. The molecule has 0 radical (unpaired) electrons. The highest BCUT2D eigenvalue weighted by Gasteiger charge is 2.28. The largest absolute Gasteiger partial charge is 0.494 e. The van der Waals surface area contributed by atoms with Crippen molar-refractivity contribution < 1.29 is 4.74 Å². The minimum atomic E-state index is 0.592. The highest BCUT2D eigenvalue weighted by atomic mass is 35.5. The van der Waals surface area contributed by atoms with E-state index in [1.807, 2.05) is 22.9 Å². The number of ether oxygens (including phenoxy) is 1. The molecule has 134 valence electrons. The van der Waals surface area contributed by atoms with Crippen LogP contribution in [0.15, 0.2) is 18.2 Å². The standard InChI is InChI=1S/C20H26ClN3O/c1-25-18-11-10-15(21)13-17(18)24-20-16(9-5-6-12-22-20)19(23-24)14-7-3-2-4-8-14/h10-11,13-14,22H,2-9,12H2,1H3. The summed E-state index contributed by atoms with van der Waals surface area (Å²) in [5.41, 5.74) is 3.63. The van der Waals surface area contributed by atoms with Gasteiger partial charge in [0.05, 0.1) is 12.8 Å². The quantitative estimate of drug-likeness (QED) is 0.804. The van der Waals surface area contributed by atoms with Crippen LogP contribution >= 0.6 is 11.6 Å². The lowest BCUT2D eigenvalue weighted by atomic mass is 9.85. The molecule has 0 spiro atoms. The SMILES string of the molecule is COc1ccc(Cl)cc1-n1nc(C2CCCCC2)c2c1NCCCC2. The average molecular weight is 360 g/mol. The molecule has 0 bridgehead atoms. The number of benzene rings is 1. The maximum absolute atomic E-state index is 6.28. The van der Waals surface area contributed by atoms with Gasteiger partial charge in [-0.1, -0.05) is 30.9 Å². The first-order valence-electron chi connectivity index (χ1n) is 9.47. The van der Waals surface area contributed by atoms with Gasteiger partial charge in [0.1, 0.15) is 17.3 Å². The van der Waals surface area contributed by atoms with Crippen LogP contribution in [0.2, 0.25) is 5.02 Å². The lowest BCUT2D eigenvalue weighted by Crippen LogP contribution is -2.09. The van der Waals surface area contributed by atoms with Gasteiger partial charge < -0.3 is 10.1 Å². The van der Waals surface area contributed by atoms with E-state index in [0.29, 0.717) is 10.9 Å². The molecular weight excluding hydrogens is 334 g/mol. The number of hydrogen-bond acceptors (Lipinski definition) is 3. The second kappa shape index (κ2) is 7.28. The Morgan fingerprint density at radius 2 is 2.00 bits per heavy atom. The van der Waals surface area contributed by atoms with Gasteiger partial charge in [0.25, 0.3) is 0 Å². The Bertz CT molecular complexity index is 750. The molecule has 1 aromatic carbocycles. The average Bonchev–Trinajstić information content (AvgIpc) is 2.83. The van der Waals surface area contributed by atoms with Crippen LogP contribution in [0, 0.1) is 0 Å². The van der Waals surface area contributed by atoms with E-state index in [2.05, 4.69) is 5.32 Å². The number of fused-ring (bicyclic) bond motifs is 1. The number of rotatable bonds is 3. The number of nitrogens with zero attached hydrogens (tertiary/aromatic N) is 2. The van der Waals surface area contributed by atoms with Crippen LogP contribution in [0.4, 0.5) is 5.82 Å². The summed E-state index contributed by atoms with van der Waals surface area (Å²) in [6.45, 7) is 0.992. The van der Waals surface area contributed by atoms with Crippen LogP contribution in [0.25, 0.3) is 5.69 Å². The van der Waals surface area contributed by atoms with Crippen molar-refractivity contribution in [3.8, 4) is 11.4 Å². The van der Waals surface area contributed by atoms with Crippen molar-refractivity contribution in [2.45, 2.75) is 57.3 Å². The number of nitrogens with one attached hydrogen (secondary N) is 1. The van der Waals surface area contributed by atoms with Crippen LogP contribution in [-0.2, 0) is 6.42 Å². The van der Waals surface area contributed by atoms with Gasteiger partial charge in [-0.15, -0.1) is 0 Å². The molecule has 5 heteroatoms. The molecule has 0 unspecified atom stereocenters. The minimum absolute atomic E-state index is 0.592. The Hall–Kier alpha value is -1.68. The predicted molar refractivity (Wildman–Crippen MR) is 102 cm³/mol. The molecule has 25 heavy (non-hydrogen) atoms. The fourth-order valence-corrected chi connectivity index (χ4v) is 4.40. The summed E-state index contributed by atoms with van der Waals surface area (Å²) in [7, 11) is 1.70. The highest BCUT2D eigenvalue weighted by molar-refractivity contribution is 6.30. The molecule has 2 aliphatic rings. The van der Waals surface area contributed by atoms with Crippen molar-refractivity contribution >= 4 is 17.4 Å². The summed E-state index contributed by atoms with van der Waals surface area (Å²) in [6, 6.07) is 5.73. The van der Waals surface area contributed by atoms with Gasteiger partial charge in [-0.2, -0.15) is 5.10 Å². The Morgan fingerprint density at radius 1 is 1.16 bits per heavy atom. The zero-order valence-corrected chi connectivity index (χ0v) is 15.6. The first kappa shape index (κ1) is 16.8. The second-order valence-electron chi connectivity index (χ2n) is 7.16. The van der Waals surface area contributed by atoms with Crippen LogP contribution < -0.4 is 10.1 Å². The molecule has 2 aromatic rings. The molecule has 1 aromatic heterocycles. The highest BCUT2D eigenvalue weighted by Crippen LogP contribution is 2.40. The number of methoxy groups -OCH3 is 1. The maximum Gasteiger partial charge on any atom is 0.144 e. The molecule has 0 atom stereocenters. The molecule has 2 heterocycles. The molecule has 1 aliphatic heterocycles. The van der Waals surface area contributed by atoms with Gasteiger partial charge >= 0.3 is 0 Å². The molecule has 1 aliphatic carbocycles. The van der Waals surface area contributed by atoms with Crippen molar-refractivity contribution in [2.75, 3.05) is 19.0 Å². The smallest absolute Gasteiger partial charge is 0.144 e. The lowest BCUT2D eigenvalue weighted by Gasteiger charge is -2.20. The Morgan fingerprint density at radius 3 is 2.80 bits per heavy atom. The van der Waals surface area contributed by atoms with Crippen LogP contribution in [0.1, 0.15) is 62.1 Å². The Balaban J connectivity index is 1.85. The van der Waals surface area contributed by atoms with Crippen LogP contribution in [-0.4, -0.2) is 23.4 Å². The van der Waals surface area contributed by atoms with Gasteiger partial charge in [-0.25, -0.2) is 4.68 Å². The summed E-state index contributed by atoms with van der Waals surface area (Å²) >= 11 is 6.28. The molecule has 4 rings (SSSR count). The van der Waals surface area contributed by atoms with E-state index in [9.17, 15) is 0 Å². The van der Waals surface area contributed by atoms with Crippen molar-refractivity contribution in [1.82, 2.24) is 9.78 Å². The second-order valence-corrected chi connectivity index (χ2v) is 7.60. The fourth-order valence-electron chi connectivity index (χ4n) is 4.24. The first-order valence-corrected chi connectivity index (χ1v) is 9.85. The summed E-state index contributed by atoms with van der Waals surface area (Å²) in [5, 5.41) is 9.42. The number of aromatic nitrogens is 2. The van der Waals surface area contributed by atoms with E-state index in [0.717, 1.165) is 30.2 Å². The fraction of sp³-hybridized carbons (Fsp3) is 0.550. The summed E-state index contributed by atoms with van der Waals surface area (Å²) in [4.78, 5) is 0. The monoisotopic (exact) mass is 359 g/mol. The zero-order valence-electron chi connectivity index (χ0n) is 14.9. The molecule has 1 fully saturated rings. The van der Waals surface area contributed by atoms with Gasteiger partial charge in [0.15, 0.2) is 0 Å². The van der Waals surface area contributed by atoms with E-state index in [4.69, 9.17) is 21.4 Å². The minimum Gasteiger partial charge on any atom is -0.494 e. The van der Waals surface area contributed by atoms with Gasteiger partial charge in [0.2, 0.25) is 0 Å². The van der Waals surface area contributed by atoms with Crippen molar-refractivity contribution in [1.29, 1.82) is 0 Å². The number of halogens is 1. The Kier molecular flexibility index (Phi) is 4.89. The van der Waals surface area contributed by atoms with E-state index < -0.39 is 0 Å². The van der Waals surface area contributed by atoms with Crippen molar-refractivity contribution in [3.05, 3.63) is 34.5 Å². The van der Waals surface area contributed by atoms with Gasteiger partial charge in [-0.05, 0) is 50.3 Å². The van der Waals surface area contributed by atoms with Gasteiger partial charge in [-0.3, -0.25) is 0 Å². The van der Waals surface area contributed by atoms with Gasteiger partial charge in [0, 0.05) is 23.0 Å². The third-order valence-electron chi connectivity index (χ3n) is 5.52. The predicted octanol–water partition coefficient (Wildman–Crippen LogP) is 5.33. The topological polar surface area (TPSA) is 39.1 Å². The number of hydrogen-bond donors (Lipinski definition) is 1. The molecule has 0 amide bonds. The normalized spacial score (nSPS) is 18.3. The number of anilines is 1. The van der Waals surface area contributed by atoms with E-state index >= 15 is 0 Å². The molecule has 4 nitrogen and oxygen atoms in total. The molecule has 1 saturated carbocycles. The first-order chi connectivity index (χ1) is 12.3. The zero-order chi connectivity index (χ0) is 17.2. The lowest BCUT2D eigenvalue weighted by molar-refractivity contribution is 0.410. The van der Waals surface area contributed by atoms with Crippen LogP contribution in [0.3, 0.4) is 0 Å². The van der Waals surface area contributed by atoms with E-state index in [1.165, 1.54) is 56.2 Å². The van der Waals surface area contributed by atoms with E-state index in [1.54, 1.807) is 7.11 Å². The van der Waals surface area contributed by atoms with Crippen molar-refractivity contribution in [2.24, 2.45) is 0 Å². The summed E-state index contributed by atoms with van der Waals surface area (Å²) in [6.07, 6.45) is 10.0. The maximum atomic E-state index is 6.28. The van der Waals surface area contributed by atoms with Crippen molar-refractivity contribution in [3.63, 3.8) is 0 Å². The third-order valence-corrected chi connectivity index (χ3v) is 5.76. The Labute approximate surface area is 154 Å². The third kappa shape index (κ3) is 3.24.